The van der Waals surface area contributed by atoms with Gasteiger partial charge in [0.25, 0.3) is 5.91 Å². The maximum Gasteiger partial charge on any atom is 0.280 e. The van der Waals surface area contributed by atoms with E-state index in [-0.39, 0.29) is 11.6 Å². The summed E-state index contributed by atoms with van der Waals surface area (Å²) in [6.45, 7) is 0. The molecule has 0 unspecified atom stereocenters. The van der Waals surface area contributed by atoms with Crippen LogP contribution in [-0.4, -0.2) is 20.4 Å². The average Bonchev–Trinajstić information content (AvgIpc) is 3.47. The molecule has 1 amide bonds. The Morgan fingerprint density at radius 2 is 1.93 bits per heavy atom. The Morgan fingerprint density at radius 3 is 2.75 bits per heavy atom. The van der Waals surface area contributed by atoms with E-state index in [2.05, 4.69) is 25.9 Å². The van der Waals surface area contributed by atoms with Crippen LogP contribution < -0.4 is 5.32 Å². The first-order valence-corrected chi connectivity index (χ1v) is 9.57. The lowest BCUT2D eigenvalue weighted by Crippen LogP contribution is -2.20. The quantitative estimate of drug-likeness (QED) is 0.539. The first-order valence-electron chi connectivity index (χ1n) is 9.57. The van der Waals surface area contributed by atoms with Crippen LogP contribution >= 0.6 is 0 Å². The predicted octanol–water partition coefficient (Wildman–Crippen LogP) is 5.04. The molecule has 3 heterocycles. The lowest BCUT2D eigenvalue weighted by atomic mass is 9.95. The number of para-hydroxylation sites is 2. The maximum atomic E-state index is 13.0. The summed E-state index contributed by atoms with van der Waals surface area (Å²) in [6, 6.07) is 11.8. The first kappa shape index (κ1) is 16.8. The van der Waals surface area contributed by atoms with E-state index in [0.717, 1.165) is 23.9 Å². The number of amides is 1. The Labute approximate surface area is 161 Å². The molecule has 0 bridgehead atoms. The van der Waals surface area contributed by atoms with Crippen molar-refractivity contribution < 1.29 is 13.6 Å². The van der Waals surface area contributed by atoms with Gasteiger partial charge in [-0.05, 0) is 37.1 Å². The number of hydrogen-bond donors (Lipinski definition) is 1. The van der Waals surface area contributed by atoms with E-state index in [9.17, 15) is 4.79 Å². The van der Waals surface area contributed by atoms with Gasteiger partial charge in [-0.15, -0.1) is 0 Å². The highest BCUT2D eigenvalue weighted by molar-refractivity contribution is 6.05. The molecule has 0 atom stereocenters. The smallest absolute Gasteiger partial charge is 0.280 e. The highest BCUT2D eigenvalue weighted by Gasteiger charge is 2.25. The van der Waals surface area contributed by atoms with Crippen molar-refractivity contribution >= 4 is 22.9 Å². The molecule has 0 saturated heterocycles. The fraction of sp³-hybridized carbons (Fsp3) is 0.286. The van der Waals surface area contributed by atoms with Crippen LogP contribution in [0.5, 0.6) is 0 Å². The molecule has 7 nitrogen and oxygen atoms in total. The second-order valence-electron chi connectivity index (χ2n) is 7.05. The lowest BCUT2D eigenvalue weighted by Gasteiger charge is -2.25. The average molecular weight is 376 g/mol. The molecule has 1 aromatic carbocycles. The van der Waals surface area contributed by atoms with Crippen LogP contribution in [0.3, 0.4) is 0 Å². The SMILES string of the molecule is O=C(Nc1nc2ccccc2n1C1CCCCC1)c1ncoc1-c1ccco1. The number of aromatic nitrogens is 3. The first-order chi connectivity index (χ1) is 13.8. The molecule has 4 aromatic rings. The predicted molar refractivity (Wildman–Crippen MR) is 104 cm³/mol. The molecule has 1 aliphatic carbocycles. The molecule has 0 aliphatic heterocycles. The van der Waals surface area contributed by atoms with Crippen molar-refractivity contribution in [2.75, 3.05) is 5.32 Å². The zero-order valence-corrected chi connectivity index (χ0v) is 15.3. The van der Waals surface area contributed by atoms with Crippen molar-refractivity contribution in [3.05, 3.63) is 54.7 Å². The summed E-state index contributed by atoms with van der Waals surface area (Å²) in [7, 11) is 0. The van der Waals surface area contributed by atoms with Crippen molar-refractivity contribution in [1.82, 2.24) is 14.5 Å². The van der Waals surface area contributed by atoms with E-state index in [1.165, 1.54) is 31.9 Å². The van der Waals surface area contributed by atoms with E-state index in [0.29, 0.717) is 23.5 Å². The second-order valence-corrected chi connectivity index (χ2v) is 7.05. The number of fused-ring (bicyclic) bond motifs is 1. The maximum absolute atomic E-state index is 13.0. The summed E-state index contributed by atoms with van der Waals surface area (Å²) in [5.41, 5.74) is 2.09. The van der Waals surface area contributed by atoms with Gasteiger partial charge in [0.05, 0.1) is 17.3 Å². The number of rotatable bonds is 4. The Hall–Kier alpha value is -3.35. The van der Waals surface area contributed by atoms with Crippen molar-refractivity contribution in [1.29, 1.82) is 0 Å². The van der Waals surface area contributed by atoms with Crippen molar-refractivity contribution in [2.45, 2.75) is 38.1 Å². The van der Waals surface area contributed by atoms with Crippen molar-refractivity contribution in [3.63, 3.8) is 0 Å². The third kappa shape index (κ3) is 2.89. The molecule has 0 radical (unpaired) electrons. The Bertz CT molecular complexity index is 1100. The van der Waals surface area contributed by atoms with Crippen LogP contribution in [0.2, 0.25) is 0 Å². The second kappa shape index (κ2) is 6.99. The monoisotopic (exact) mass is 376 g/mol. The minimum atomic E-state index is -0.368. The summed E-state index contributed by atoms with van der Waals surface area (Å²) in [4.78, 5) is 21.7. The van der Waals surface area contributed by atoms with Gasteiger partial charge >= 0.3 is 0 Å². The van der Waals surface area contributed by atoms with Gasteiger partial charge in [-0.2, -0.15) is 0 Å². The largest absolute Gasteiger partial charge is 0.461 e. The number of benzene rings is 1. The van der Waals surface area contributed by atoms with Crippen molar-refractivity contribution in [3.8, 4) is 11.5 Å². The van der Waals surface area contributed by atoms with E-state index < -0.39 is 0 Å². The fourth-order valence-electron chi connectivity index (χ4n) is 3.99. The van der Waals surface area contributed by atoms with Gasteiger partial charge in [0.1, 0.15) is 0 Å². The van der Waals surface area contributed by atoms with Crippen LogP contribution in [0, 0.1) is 0 Å². The third-order valence-electron chi connectivity index (χ3n) is 5.29. The van der Waals surface area contributed by atoms with Gasteiger partial charge in [-0.1, -0.05) is 31.4 Å². The van der Waals surface area contributed by atoms with Gasteiger partial charge in [-0.25, -0.2) is 9.97 Å². The number of anilines is 1. The normalized spacial score (nSPS) is 15.1. The van der Waals surface area contributed by atoms with Crippen LogP contribution in [-0.2, 0) is 0 Å². The van der Waals surface area contributed by atoms with Crippen LogP contribution in [0.4, 0.5) is 5.95 Å². The molecule has 1 saturated carbocycles. The molecule has 1 N–H and O–H groups in total. The van der Waals surface area contributed by atoms with E-state index >= 15 is 0 Å². The Morgan fingerprint density at radius 1 is 1.07 bits per heavy atom. The molecule has 28 heavy (non-hydrogen) atoms. The van der Waals surface area contributed by atoms with E-state index in [1.54, 1.807) is 12.1 Å². The Kier molecular flexibility index (Phi) is 4.20. The summed E-state index contributed by atoms with van der Waals surface area (Å²) < 4.78 is 12.9. The zero-order valence-electron chi connectivity index (χ0n) is 15.3. The van der Waals surface area contributed by atoms with E-state index in [1.807, 2.05) is 18.2 Å². The molecular weight excluding hydrogens is 356 g/mol. The molecular formula is C21H20N4O3. The summed E-state index contributed by atoms with van der Waals surface area (Å²) >= 11 is 0. The Balaban J connectivity index is 1.52. The molecule has 142 valence electrons. The highest BCUT2D eigenvalue weighted by atomic mass is 16.4. The molecule has 5 rings (SSSR count). The topological polar surface area (TPSA) is 86.1 Å². The van der Waals surface area contributed by atoms with Gasteiger partial charge < -0.3 is 13.4 Å². The van der Waals surface area contributed by atoms with Crippen LogP contribution in [0.25, 0.3) is 22.6 Å². The number of nitrogens with zero attached hydrogens (tertiary/aromatic N) is 3. The number of carbonyl (C=O) groups is 1. The highest BCUT2D eigenvalue weighted by Crippen LogP contribution is 2.34. The van der Waals surface area contributed by atoms with Gasteiger partial charge in [0, 0.05) is 6.04 Å². The number of carbonyl (C=O) groups excluding carboxylic acids is 1. The summed E-state index contributed by atoms with van der Waals surface area (Å²) in [5, 5.41) is 2.95. The molecule has 1 fully saturated rings. The number of nitrogens with one attached hydrogen (secondary N) is 1. The van der Waals surface area contributed by atoms with Crippen molar-refractivity contribution in [2.24, 2.45) is 0 Å². The molecule has 1 aliphatic rings. The zero-order chi connectivity index (χ0) is 18.9. The van der Waals surface area contributed by atoms with Gasteiger partial charge in [0.2, 0.25) is 11.7 Å². The minimum absolute atomic E-state index is 0.178. The van der Waals surface area contributed by atoms with Crippen LogP contribution in [0.15, 0.2) is 57.9 Å². The molecule has 3 aromatic heterocycles. The number of imidazole rings is 1. The number of oxazole rings is 1. The van der Waals surface area contributed by atoms with Gasteiger partial charge in [-0.3, -0.25) is 10.1 Å². The fourth-order valence-corrected chi connectivity index (χ4v) is 3.99. The van der Waals surface area contributed by atoms with Gasteiger partial charge in [0.15, 0.2) is 17.8 Å². The third-order valence-corrected chi connectivity index (χ3v) is 5.29. The standard InChI is InChI=1S/C21H20N4O3/c26-20(18-19(28-13-22-18)17-11-6-12-27-17)24-21-23-15-9-4-5-10-16(15)25(21)14-7-2-1-3-8-14/h4-6,9-14H,1-3,7-8H2,(H,23,24,26). The number of furan rings is 1. The van der Waals surface area contributed by atoms with Crippen LogP contribution in [0.1, 0.15) is 48.6 Å². The molecule has 0 spiro atoms. The summed E-state index contributed by atoms with van der Waals surface area (Å²) in [5.74, 6) is 0.949. The van der Waals surface area contributed by atoms with E-state index in [4.69, 9.17) is 8.83 Å². The minimum Gasteiger partial charge on any atom is -0.461 e. The molecule has 7 heteroatoms. The summed E-state index contributed by atoms with van der Waals surface area (Å²) in [6.07, 6.45) is 8.60. The number of hydrogen-bond acceptors (Lipinski definition) is 5. The lowest BCUT2D eigenvalue weighted by molar-refractivity contribution is 0.102.